The molecule has 5 nitrogen and oxygen atoms in total. The molecule has 0 aromatic carbocycles. The number of aliphatic hydroxyl groups excluding tert-OH is 1. The Bertz CT molecular complexity index is 406. The molecule has 2 rings (SSSR count). The number of pyridine rings is 1. The second kappa shape index (κ2) is 9.13. The van der Waals surface area contributed by atoms with Crippen LogP contribution in [0.3, 0.4) is 0 Å². The lowest BCUT2D eigenvalue weighted by molar-refractivity contribution is -0.131. The van der Waals surface area contributed by atoms with Crippen molar-refractivity contribution in [2.75, 3.05) is 20.1 Å². The van der Waals surface area contributed by atoms with Crippen LogP contribution < -0.4 is 5.32 Å². The lowest BCUT2D eigenvalue weighted by atomic mass is 10.1. The molecule has 0 bridgehead atoms. The molecule has 1 aromatic rings. The van der Waals surface area contributed by atoms with Crippen molar-refractivity contribution < 1.29 is 9.90 Å². The Kier molecular flexibility index (Phi) is 8.73. The number of amides is 1. The highest BCUT2D eigenvalue weighted by atomic mass is 35.5. The van der Waals surface area contributed by atoms with Gasteiger partial charge in [-0.05, 0) is 30.5 Å². The molecule has 1 aliphatic heterocycles. The van der Waals surface area contributed by atoms with Crippen molar-refractivity contribution in [3.63, 3.8) is 0 Å². The molecular weight excluding hydrogens is 301 g/mol. The van der Waals surface area contributed by atoms with Crippen LogP contribution in [-0.2, 0) is 11.2 Å². The molecule has 2 N–H and O–H groups in total. The van der Waals surface area contributed by atoms with Crippen molar-refractivity contribution in [1.29, 1.82) is 0 Å². The summed E-state index contributed by atoms with van der Waals surface area (Å²) in [5.74, 6) is 0.0561. The van der Waals surface area contributed by atoms with E-state index in [4.69, 9.17) is 0 Å². The van der Waals surface area contributed by atoms with Gasteiger partial charge in [-0.2, -0.15) is 0 Å². The van der Waals surface area contributed by atoms with E-state index in [0.717, 1.165) is 6.42 Å². The standard InChI is InChI=1S/C13H19N3O2.2ClH/c1-16(7-4-10-2-5-14-6-3-10)13(18)12-8-11(17)9-15-12;;/h2-3,5-6,11-12,15,17H,4,7-9H2,1H3;2*1H. The van der Waals surface area contributed by atoms with Gasteiger partial charge in [0.1, 0.15) is 0 Å². The van der Waals surface area contributed by atoms with Crippen molar-refractivity contribution in [3.8, 4) is 0 Å². The Labute approximate surface area is 131 Å². The van der Waals surface area contributed by atoms with Gasteiger partial charge in [0.25, 0.3) is 0 Å². The molecule has 1 fully saturated rings. The van der Waals surface area contributed by atoms with Gasteiger partial charge in [-0.1, -0.05) is 0 Å². The highest BCUT2D eigenvalue weighted by molar-refractivity contribution is 5.85. The zero-order chi connectivity index (χ0) is 13.0. The topological polar surface area (TPSA) is 65.5 Å². The number of carbonyl (C=O) groups is 1. The van der Waals surface area contributed by atoms with Gasteiger partial charge in [-0.15, -0.1) is 24.8 Å². The number of hydrogen-bond acceptors (Lipinski definition) is 4. The number of nitrogens with zero attached hydrogens (tertiary/aromatic N) is 2. The Morgan fingerprint density at radius 2 is 2.10 bits per heavy atom. The molecule has 1 aliphatic rings. The monoisotopic (exact) mass is 321 g/mol. The van der Waals surface area contributed by atoms with E-state index in [1.807, 2.05) is 12.1 Å². The minimum atomic E-state index is -0.396. The van der Waals surface area contributed by atoms with Crippen LogP contribution in [-0.4, -0.2) is 53.2 Å². The third-order valence-electron chi connectivity index (χ3n) is 3.27. The highest BCUT2D eigenvalue weighted by Gasteiger charge is 2.29. The Balaban J connectivity index is 0.00000180. The predicted molar refractivity (Wildman–Crippen MR) is 82.5 cm³/mol. The molecule has 0 saturated carbocycles. The average molecular weight is 322 g/mol. The molecule has 1 amide bonds. The summed E-state index contributed by atoms with van der Waals surface area (Å²) in [4.78, 5) is 17.7. The smallest absolute Gasteiger partial charge is 0.239 e. The number of aromatic nitrogens is 1. The van der Waals surface area contributed by atoms with Crippen LogP contribution >= 0.6 is 24.8 Å². The average Bonchev–Trinajstić information content (AvgIpc) is 2.83. The maximum Gasteiger partial charge on any atom is 0.239 e. The van der Waals surface area contributed by atoms with Crippen molar-refractivity contribution >= 4 is 30.7 Å². The number of carbonyl (C=O) groups excluding carboxylic acids is 1. The van der Waals surface area contributed by atoms with Crippen molar-refractivity contribution in [2.24, 2.45) is 0 Å². The number of β-amino-alcohol motifs (C(OH)–C–C–N with tert-alkyl or cyclic N) is 1. The van der Waals surface area contributed by atoms with E-state index in [2.05, 4.69) is 10.3 Å². The number of rotatable bonds is 4. The fourth-order valence-electron chi connectivity index (χ4n) is 2.13. The molecular formula is C13H21Cl2N3O2. The summed E-state index contributed by atoms with van der Waals surface area (Å²) in [5.41, 5.74) is 1.17. The summed E-state index contributed by atoms with van der Waals surface area (Å²) in [6, 6.07) is 3.67. The third-order valence-corrected chi connectivity index (χ3v) is 3.27. The molecule has 2 heterocycles. The molecule has 7 heteroatoms. The summed E-state index contributed by atoms with van der Waals surface area (Å²) in [6.07, 6.45) is 4.45. The Morgan fingerprint density at radius 1 is 1.45 bits per heavy atom. The van der Waals surface area contributed by atoms with E-state index in [0.29, 0.717) is 19.5 Å². The first-order valence-corrected chi connectivity index (χ1v) is 6.22. The molecule has 114 valence electrons. The summed E-state index contributed by atoms with van der Waals surface area (Å²) in [5, 5.41) is 12.4. The first kappa shape index (κ1) is 19.1. The largest absolute Gasteiger partial charge is 0.392 e. The van der Waals surface area contributed by atoms with Crippen molar-refractivity contribution in [2.45, 2.75) is 25.0 Å². The third kappa shape index (κ3) is 5.25. The maximum atomic E-state index is 12.1. The first-order valence-electron chi connectivity index (χ1n) is 6.22. The van der Waals surface area contributed by atoms with Crippen molar-refractivity contribution in [1.82, 2.24) is 15.2 Å². The maximum absolute atomic E-state index is 12.1. The van der Waals surface area contributed by atoms with Gasteiger partial charge in [-0.3, -0.25) is 9.78 Å². The molecule has 0 aliphatic carbocycles. The van der Waals surface area contributed by atoms with Gasteiger partial charge in [0.2, 0.25) is 5.91 Å². The van der Waals surface area contributed by atoms with Crippen LogP contribution in [0.5, 0.6) is 0 Å². The van der Waals surface area contributed by atoms with E-state index in [1.165, 1.54) is 5.56 Å². The van der Waals surface area contributed by atoms with E-state index in [1.54, 1.807) is 24.3 Å². The lowest BCUT2D eigenvalue weighted by Crippen LogP contribution is -2.42. The van der Waals surface area contributed by atoms with Crippen molar-refractivity contribution in [3.05, 3.63) is 30.1 Å². The van der Waals surface area contributed by atoms with Crippen LogP contribution in [0.15, 0.2) is 24.5 Å². The van der Waals surface area contributed by atoms with E-state index < -0.39 is 6.10 Å². The normalized spacial score (nSPS) is 20.7. The summed E-state index contributed by atoms with van der Waals surface area (Å²) >= 11 is 0. The fourth-order valence-corrected chi connectivity index (χ4v) is 2.13. The minimum absolute atomic E-state index is 0. The van der Waals surface area contributed by atoms with Crippen LogP contribution in [0, 0.1) is 0 Å². The van der Waals surface area contributed by atoms with E-state index in [-0.39, 0.29) is 36.8 Å². The minimum Gasteiger partial charge on any atom is -0.392 e. The Morgan fingerprint density at radius 3 is 2.65 bits per heavy atom. The number of aliphatic hydroxyl groups is 1. The summed E-state index contributed by atoms with van der Waals surface area (Å²) in [6.45, 7) is 1.19. The highest BCUT2D eigenvalue weighted by Crippen LogP contribution is 2.09. The number of likely N-dealkylation sites (N-methyl/N-ethyl adjacent to an activating group) is 1. The molecule has 20 heavy (non-hydrogen) atoms. The van der Waals surface area contributed by atoms with Gasteiger partial charge in [0.15, 0.2) is 0 Å². The van der Waals surface area contributed by atoms with Crippen LogP contribution in [0.2, 0.25) is 0 Å². The molecule has 1 aromatic heterocycles. The second-order valence-electron chi connectivity index (χ2n) is 4.72. The molecule has 2 unspecified atom stereocenters. The Hall–Kier alpha value is -0.880. The molecule has 2 atom stereocenters. The molecule has 0 spiro atoms. The van der Waals surface area contributed by atoms with Gasteiger partial charge in [0, 0.05) is 32.5 Å². The lowest BCUT2D eigenvalue weighted by Gasteiger charge is -2.21. The number of halogens is 2. The number of hydrogen-bond donors (Lipinski definition) is 2. The van der Waals surface area contributed by atoms with Gasteiger partial charge >= 0.3 is 0 Å². The number of nitrogens with one attached hydrogen (secondary N) is 1. The zero-order valence-electron chi connectivity index (χ0n) is 11.4. The van der Waals surface area contributed by atoms with Gasteiger partial charge in [-0.25, -0.2) is 0 Å². The van der Waals surface area contributed by atoms with Crippen LogP contribution in [0.1, 0.15) is 12.0 Å². The van der Waals surface area contributed by atoms with Crippen LogP contribution in [0.25, 0.3) is 0 Å². The fraction of sp³-hybridized carbons (Fsp3) is 0.538. The SMILES string of the molecule is CN(CCc1ccncc1)C(=O)C1CC(O)CN1.Cl.Cl. The first-order chi connectivity index (χ1) is 8.66. The summed E-state index contributed by atoms with van der Waals surface area (Å²) in [7, 11) is 1.80. The van der Waals surface area contributed by atoms with Gasteiger partial charge in [0.05, 0.1) is 12.1 Å². The van der Waals surface area contributed by atoms with Gasteiger partial charge < -0.3 is 15.3 Å². The van der Waals surface area contributed by atoms with E-state index in [9.17, 15) is 9.90 Å². The predicted octanol–water partition coefficient (Wildman–Crippen LogP) is 0.649. The molecule has 1 saturated heterocycles. The second-order valence-corrected chi connectivity index (χ2v) is 4.72. The van der Waals surface area contributed by atoms with E-state index >= 15 is 0 Å². The molecule has 0 radical (unpaired) electrons. The van der Waals surface area contributed by atoms with Crippen LogP contribution in [0.4, 0.5) is 0 Å². The summed E-state index contributed by atoms with van der Waals surface area (Å²) < 4.78 is 0. The zero-order valence-corrected chi connectivity index (χ0v) is 13.0. The quantitative estimate of drug-likeness (QED) is 0.854.